The smallest absolute Gasteiger partial charge is 0.162 e. The van der Waals surface area contributed by atoms with Gasteiger partial charge >= 0.3 is 0 Å². The van der Waals surface area contributed by atoms with Crippen LogP contribution >= 0.6 is 11.6 Å². The van der Waals surface area contributed by atoms with Crippen molar-refractivity contribution >= 4 is 11.6 Å². The molecule has 110 valence electrons. The summed E-state index contributed by atoms with van der Waals surface area (Å²) in [6.45, 7) is 1.05. The number of nitrogens with two attached hydrogens (primary N) is 1. The van der Waals surface area contributed by atoms with E-state index in [-0.39, 0.29) is 0 Å². The van der Waals surface area contributed by atoms with Gasteiger partial charge in [-0.05, 0) is 17.7 Å². The Morgan fingerprint density at radius 1 is 1.10 bits per heavy atom. The molecule has 21 heavy (non-hydrogen) atoms. The van der Waals surface area contributed by atoms with Gasteiger partial charge in [0.2, 0.25) is 0 Å². The van der Waals surface area contributed by atoms with Crippen molar-refractivity contribution in [2.24, 2.45) is 5.73 Å². The van der Waals surface area contributed by atoms with Crippen LogP contribution in [0.5, 0.6) is 17.2 Å². The maximum atomic E-state index is 6.37. The number of rotatable bonds is 3. The standard InChI is InChI=1S/C16H16ClNO3/c1-19-13-5-3-2-4-10(13)16(18)11-8-14-15(9-12(11)17)21-7-6-20-14/h2-5,8-9,16H,6-7,18H2,1H3. The van der Waals surface area contributed by atoms with Crippen LogP contribution in [0, 0.1) is 0 Å². The van der Waals surface area contributed by atoms with E-state index in [1.165, 1.54) is 0 Å². The SMILES string of the molecule is COc1ccccc1C(N)c1cc2c(cc1Cl)OCCO2. The molecule has 0 fully saturated rings. The summed E-state index contributed by atoms with van der Waals surface area (Å²) in [4.78, 5) is 0. The van der Waals surface area contributed by atoms with Crippen molar-refractivity contribution in [1.82, 2.24) is 0 Å². The van der Waals surface area contributed by atoms with Gasteiger partial charge in [0, 0.05) is 16.7 Å². The number of fused-ring (bicyclic) bond motifs is 1. The highest BCUT2D eigenvalue weighted by Gasteiger charge is 2.21. The predicted octanol–water partition coefficient (Wildman–Crippen LogP) is 3.17. The summed E-state index contributed by atoms with van der Waals surface area (Å²) < 4.78 is 16.5. The van der Waals surface area contributed by atoms with Crippen molar-refractivity contribution < 1.29 is 14.2 Å². The Morgan fingerprint density at radius 2 is 1.76 bits per heavy atom. The molecule has 1 atom stereocenters. The summed E-state index contributed by atoms with van der Waals surface area (Å²) in [5.74, 6) is 2.06. The van der Waals surface area contributed by atoms with Crippen molar-refractivity contribution in [3.63, 3.8) is 0 Å². The third-order valence-electron chi connectivity index (χ3n) is 3.47. The molecule has 1 aliphatic rings. The molecule has 0 spiro atoms. The summed E-state index contributed by atoms with van der Waals surface area (Å²) in [6.07, 6.45) is 0. The van der Waals surface area contributed by atoms with Crippen LogP contribution in [0.4, 0.5) is 0 Å². The van der Waals surface area contributed by atoms with Crippen LogP contribution in [0.15, 0.2) is 36.4 Å². The van der Waals surface area contributed by atoms with Crippen molar-refractivity contribution in [2.75, 3.05) is 20.3 Å². The molecule has 0 bridgehead atoms. The van der Waals surface area contributed by atoms with Gasteiger partial charge in [-0.2, -0.15) is 0 Å². The van der Waals surface area contributed by atoms with Crippen LogP contribution in [0.2, 0.25) is 5.02 Å². The minimum Gasteiger partial charge on any atom is -0.496 e. The number of methoxy groups -OCH3 is 1. The molecule has 0 aromatic heterocycles. The van der Waals surface area contributed by atoms with E-state index >= 15 is 0 Å². The highest BCUT2D eigenvalue weighted by Crippen LogP contribution is 2.39. The molecule has 3 rings (SSSR count). The number of ether oxygens (including phenoxy) is 3. The van der Waals surface area contributed by atoms with Crippen molar-refractivity contribution in [2.45, 2.75) is 6.04 Å². The first-order chi connectivity index (χ1) is 10.2. The lowest BCUT2D eigenvalue weighted by Gasteiger charge is -2.22. The fourth-order valence-electron chi connectivity index (χ4n) is 2.41. The minimum atomic E-state index is -0.399. The Bertz CT molecular complexity index is 660. The van der Waals surface area contributed by atoms with Gasteiger partial charge in [0.15, 0.2) is 11.5 Å². The van der Waals surface area contributed by atoms with E-state index in [4.69, 9.17) is 31.5 Å². The van der Waals surface area contributed by atoms with Crippen LogP contribution in [0.3, 0.4) is 0 Å². The molecule has 0 saturated carbocycles. The molecule has 2 N–H and O–H groups in total. The van der Waals surface area contributed by atoms with Gasteiger partial charge in [0.05, 0.1) is 13.2 Å². The highest BCUT2D eigenvalue weighted by molar-refractivity contribution is 6.31. The molecule has 4 nitrogen and oxygen atoms in total. The van der Waals surface area contributed by atoms with E-state index in [0.717, 1.165) is 16.9 Å². The van der Waals surface area contributed by atoms with Crippen LogP contribution in [-0.4, -0.2) is 20.3 Å². The Kier molecular flexibility index (Phi) is 3.90. The first-order valence-corrected chi connectivity index (χ1v) is 7.06. The number of para-hydroxylation sites is 1. The third-order valence-corrected chi connectivity index (χ3v) is 3.80. The molecule has 0 amide bonds. The number of hydrogen-bond acceptors (Lipinski definition) is 4. The van der Waals surface area contributed by atoms with Gasteiger partial charge in [0.25, 0.3) is 0 Å². The Morgan fingerprint density at radius 3 is 2.48 bits per heavy atom. The van der Waals surface area contributed by atoms with Gasteiger partial charge in [-0.25, -0.2) is 0 Å². The first kappa shape index (κ1) is 14.0. The number of hydrogen-bond donors (Lipinski definition) is 1. The quantitative estimate of drug-likeness (QED) is 0.946. The number of benzene rings is 2. The topological polar surface area (TPSA) is 53.7 Å². The fraction of sp³-hybridized carbons (Fsp3) is 0.250. The summed E-state index contributed by atoms with van der Waals surface area (Å²) in [6, 6.07) is 10.8. The van der Waals surface area contributed by atoms with Crippen LogP contribution in [0.1, 0.15) is 17.2 Å². The number of halogens is 1. The molecular formula is C16H16ClNO3. The van der Waals surface area contributed by atoms with Crippen molar-refractivity contribution in [1.29, 1.82) is 0 Å². The third kappa shape index (κ3) is 2.64. The van der Waals surface area contributed by atoms with E-state index in [1.807, 2.05) is 30.3 Å². The second-order valence-corrected chi connectivity index (χ2v) is 5.14. The molecule has 1 aliphatic heterocycles. The molecule has 0 saturated heterocycles. The fourth-order valence-corrected chi connectivity index (χ4v) is 2.68. The zero-order chi connectivity index (χ0) is 14.8. The van der Waals surface area contributed by atoms with E-state index in [9.17, 15) is 0 Å². The van der Waals surface area contributed by atoms with Crippen LogP contribution in [0.25, 0.3) is 0 Å². The zero-order valence-electron chi connectivity index (χ0n) is 11.6. The maximum absolute atomic E-state index is 6.37. The molecule has 0 aliphatic carbocycles. The summed E-state index contributed by atoms with van der Waals surface area (Å²) in [5, 5.41) is 0.553. The molecule has 5 heteroatoms. The summed E-state index contributed by atoms with van der Waals surface area (Å²) in [7, 11) is 1.62. The molecule has 1 unspecified atom stereocenters. The lowest BCUT2D eigenvalue weighted by atomic mass is 9.98. The van der Waals surface area contributed by atoms with Crippen molar-refractivity contribution in [3.8, 4) is 17.2 Å². The van der Waals surface area contributed by atoms with Crippen LogP contribution in [-0.2, 0) is 0 Å². The molecule has 2 aromatic carbocycles. The first-order valence-electron chi connectivity index (χ1n) is 6.68. The average molecular weight is 306 g/mol. The van der Waals surface area contributed by atoms with E-state index in [1.54, 1.807) is 13.2 Å². The zero-order valence-corrected chi connectivity index (χ0v) is 12.4. The lowest BCUT2D eigenvalue weighted by molar-refractivity contribution is 0.171. The Balaban J connectivity index is 2.03. The van der Waals surface area contributed by atoms with Gasteiger partial charge in [-0.3, -0.25) is 0 Å². The average Bonchev–Trinajstić information content (AvgIpc) is 2.53. The second kappa shape index (κ2) is 5.84. The Hall–Kier alpha value is -1.91. The minimum absolute atomic E-state index is 0.399. The van der Waals surface area contributed by atoms with E-state index < -0.39 is 6.04 Å². The largest absolute Gasteiger partial charge is 0.496 e. The Labute approximate surface area is 128 Å². The highest BCUT2D eigenvalue weighted by atomic mass is 35.5. The van der Waals surface area contributed by atoms with Crippen molar-refractivity contribution in [3.05, 3.63) is 52.5 Å². The van der Waals surface area contributed by atoms with E-state index in [0.29, 0.717) is 29.7 Å². The van der Waals surface area contributed by atoms with Gasteiger partial charge in [-0.15, -0.1) is 0 Å². The molecule has 0 radical (unpaired) electrons. The molecule has 1 heterocycles. The normalized spacial score (nSPS) is 14.6. The lowest BCUT2D eigenvalue weighted by Crippen LogP contribution is -2.18. The molecule has 2 aromatic rings. The summed E-state index contributed by atoms with van der Waals surface area (Å²) in [5.41, 5.74) is 8.02. The summed E-state index contributed by atoms with van der Waals surface area (Å²) >= 11 is 6.35. The van der Waals surface area contributed by atoms with Crippen LogP contribution < -0.4 is 19.9 Å². The van der Waals surface area contributed by atoms with Gasteiger partial charge in [0.1, 0.15) is 19.0 Å². The molecular weight excluding hydrogens is 290 g/mol. The van der Waals surface area contributed by atoms with Gasteiger partial charge < -0.3 is 19.9 Å². The van der Waals surface area contributed by atoms with E-state index in [2.05, 4.69) is 0 Å². The second-order valence-electron chi connectivity index (χ2n) is 4.74. The predicted molar refractivity (Wildman–Crippen MR) is 81.5 cm³/mol. The maximum Gasteiger partial charge on any atom is 0.162 e. The monoisotopic (exact) mass is 305 g/mol. The van der Waals surface area contributed by atoms with Gasteiger partial charge in [-0.1, -0.05) is 29.8 Å².